The van der Waals surface area contributed by atoms with Crippen LogP contribution in [0.25, 0.3) is 0 Å². The van der Waals surface area contributed by atoms with Crippen LogP contribution in [0.4, 0.5) is 0 Å². The van der Waals surface area contributed by atoms with Crippen LogP contribution in [0.5, 0.6) is 0 Å². The van der Waals surface area contributed by atoms with Crippen molar-refractivity contribution in [1.29, 1.82) is 0 Å². The molecule has 0 heterocycles. The van der Waals surface area contributed by atoms with Gasteiger partial charge in [0, 0.05) is 5.57 Å². The predicted octanol–water partition coefficient (Wildman–Crippen LogP) is 1.43. The van der Waals surface area contributed by atoms with Gasteiger partial charge in [0.2, 0.25) is 0 Å². The molecule has 54 valence electrons. The lowest BCUT2D eigenvalue weighted by Crippen LogP contribution is -2.25. The topological polar surface area (TPSA) is 37.3 Å². The molecule has 0 aromatic carbocycles. The highest BCUT2D eigenvalue weighted by Gasteiger charge is 2.39. The number of fused-ring (bicyclic) bond motifs is 1. The second-order valence-corrected chi connectivity index (χ2v) is 3.14. The van der Waals surface area contributed by atoms with Crippen LogP contribution < -0.4 is 0 Å². The first-order chi connectivity index (χ1) is 4.79. The van der Waals surface area contributed by atoms with E-state index in [0.29, 0.717) is 17.4 Å². The molecule has 2 aliphatic rings. The first-order valence-corrected chi connectivity index (χ1v) is 3.72. The molecule has 1 N–H and O–H groups in total. The SMILES string of the molecule is O=C(O)C1=CCC2CCC12. The van der Waals surface area contributed by atoms with E-state index in [2.05, 4.69) is 0 Å². The molecule has 0 spiro atoms. The van der Waals surface area contributed by atoms with Gasteiger partial charge in [-0.25, -0.2) is 4.79 Å². The molecule has 0 bridgehead atoms. The minimum Gasteiger partial charge on any atom is -0.478 e. The molecule has 1 saturated carbocycles. The van der Waals surface area contributed by atoms with E-state index in [1.54, 1.807) is 0 Å². The quantitative estimate of drug-likeness (QED) is 0.595. The third kappa shape index (κ3) is 0.618. The fourth-order valence-corrected chi connectivity index (χ4v) is 1.94. The van der Waals surface area contributed by atoms with Crippen molar-refractivity contribution in [1.82, 2.24) is 0 Å². The van der Waals surface area contributed by atoms with Crippen LogP contribution in [0.1, 0.15) is 19.3 Å². The predicted molar refractivity (Wildman–Crippen MR) is 36.5 cm³/mol. The zero-order chi connectivity index (χ0) is 7.14. The highest BCUT2D eigenvalue weighted by atomic mass is 16.4. The van der Waals surface area contributed by atoms with Crippen LogP contribution in [0.15, 0.2) is 11.6 Å². The number of carboxylic acids is 1. The summed E-state index contributed by atoms with van der Waals surface area (Å²) in [6.45, 7) is 0. The Kier molecular flexibility index (Phi) is 1.10. The Hall–Kier alpha value is -0.790. The third-order valence-electron chi connectivity index (χ3n) is 2.70. The van der Waals surface area contributed by atoms with Gasteiger partial charge in [-0.15, -0.1) is 0 Å². The molecule has 10 heavy (non-hydrogen) atoms. The molecule has 0 aromatic heterocycles. The molecular weight excluding hydrogens is 128 g/mol. The minimum absolute atomic E-state index is 0.414. The van der Waals surface area contributed by atoms with Crippen LogP contribution >= 0.6 is 0 Å². The summed E-state index contributed by atoms with van der Waals surface area (Å²) in [6.07, 6.45) is 5.23. The molecule has 2 aliphatic carbocycles. The van der Waals surface area contributed by atoms with Crippen molar-refractivity contribution >= 4 is 5.97 Å². The van der Waals surface area contributed by atoms with Crippen molar-refractivity contribution in [2.24, 2.45) is 11.8 Å². The van der Waals surface area contributed by atoms with Crippen molar-refractivity contribution < 1.29 is 9.90 Å². The maximum Gasteiger partial charge on any atom is 0.331 e. The van der Waals surface area contributed by atoms with Crippen LogP contribution in [-0.2, 0) is 4.79 Å². The molecule has 0 saturated heterocycles. The fourth-order valence-electron chi connectivity index (χ4n) is 1.94. The molecule has 2 atom stereocenters. The second-order valence-electron chi connectivity index (χ2n) is 3.14. The number of carboxylic acid groups (broad SMARTS) is 1. The lowest BCUT2D eigenvalue weighted by atomic mass is 9.73. The van der Waals surface area contributed by atoms with Crippen LogP contribution in [-0.4, -0.2) is 11.1 Å². The molecule has 1 fully saturated rings. The van der Waals surface area contributed by atoms with Gasteiger partial charge in [-0.1, -0.05) is 6.08 Å². The number of aliphatic carboxylic acids is 1. The molecule has 2 unspecified atom stereocenters. The Morgan fingerprint density at radius 2 is 2.40 bits per heavy atom. The first kappa shape index (κ1) is 5.96. The summed E-state index contributed by atoms with van der Waals surface area (Å²) >= 11 is 0. The maximum absolute atomic E-state index is 10.5. The van der Waals surface area contributed by atoms with Gasteiger partial charge in [-0.05, 0) is 31.1 Å². The number of allylic oxidation sites excluding steroid dienone is 1. The fraction of sp³-hybridized carbons (Fsp3) is 0.625. The molecule has 0 aromatic rings. The highest BCUT2D eigenvalue weighted by Crippen LogP contribution is 2.46. The van der Waals surface area contributed by atoms with E-state index in [9.17, 15) is 4.79 Å². The van der Waals surface area contributed by atoms with E-state index in [1.165, 1.54) is 6.42 Å². The Labute approximate surface area is 59.5 Å². The highest BCUT2D eigenvalue weighted by molar-refractivity contribution is 5.88. The summed E-state index contributed by atoms with van der Waals surface area (Å²) in [4.78, 5) is 10.5. The monoisotopic (exact) mass is 138 g/mol. The molecule has 0 aliphatic heterocycles. The van der Waals surface area contributed by atoms with E-state index in [-0.39, 0.29) is 0 Å². The molecule has 0 amide bonds. The second kappa shape index (κ2) is 1.84. The van der Waals surface area contributed by atoms with Crippen LogP contribution in [0, 0.1) is 11.8 Å². The van der Waals surface area contributed by atoms with Gasteiger partial charge in [0.1, 0.15) is 0 Å². The zero-order valence-corrected chi connectivity index (χ0v) is 5.71. The van der Waals surface area contributed by atoms with Gasteiger partial charge in [0.15, 0.2) is 0 Å². The summed E-state index contributed by atoms with van der Waals surface area (Å²) in [5.41, 5.74) is 0.677. The smallest absolute Gasteiger partial charge is 0.331 e. The minimum atomic E-state index is -0.702. The largest absolute Gasteiger partial charge is 0.478 e. The van der Waals surface area contributed by atoms with Crippen LogP contribution in [0.3, 0.4) is 0 Å². The van der Waals surface area contributed by atoms with Crippen molar-refractivity contribution in [3.05, 3.63) is 11.6 Å². The van der Waals surface area contributed by atoms with E-state index >= 15 is 0 Å². The molecule has 2 nitrogen and oxygen atoms in total. The summed E-state index contributed by atoms with van der Waals surface area (Å²) in [5.74, 6) is 0.399. The van der Waals surface area contributed by atoms with E-state index in [1.807, 2.05) is 6.08 Å². The third-order valence-corrected chi connectivity index (χ3v) is 2.70. The lowest BCUT2D eigenvalue weighted by molar-refractivity contribution is -0.133. The number of hydrogen-bond acceptors (Lipinski definition) is 1. The molecule has 0 radical (unpaired) electrons. The molecular formula is C8H10O2. The average Bonchev–Trinajstić information content (AvgIpc) is 2.07. The standard InChI is InChI=1S/C8H10O2/c9-8(10)7-4-2-5-1-3-6(5)7/h4-6H,1-3H2,(H,9,10). The van der Waals surface area contributed by atoms with E-state index in [4.69, 9.17) is 5.11 Å². The zero-order valence-electron chi connectivity index (χ0n) is 5.71. The number of carbonyl (C=O) groups is 1. The van der Waals surface area contributed by atoms with E-state index in [0.717, 1.165) is 12.8 Å². The van der Waals surface area contributed by atoms with Crippen molar-refractivity contribution in [3.8, 4) is 0 Å². The van der Waals surface area contributed by atoms with Crippen molar-refractivity contribution in [2.45, 2.75) is 19.3 Å². The van der Waals surface area contributed by atoms with Crippen molar-refractivity contribution in [3.63, 3.8) is 0 Å². The van der Waals surface area contributed by atoms with Gasteiger partial charge in [-0.3, -0.25) is 0 Å². The Morgan fingerprint density at radius 1 is 1.60 bits per heavy atom. The first-order valence-electron chi connectivity index (χ1n) is 3.72. The van der Waals surface area contributed by atoms with Crippen LogP contribution in [0.2, 0.25) is 0 Å². The van der Waals surface area contributed by atoms with Crippen molar-refractivity contribution in [2.75, 3.05) is 0 Å². The average molecular weight is 138 g/mol. The summed E-state index contributed by atoms with van der Waals surface area (Å²) in [6, 6.07) is 0. The number of rotatable bonds is 1. The molecule has 2 heteroatoms. The Morgan fingerprint density at radius 3 is 2.70 bits per heavy atom. The molecule has 2 rings (SSSR count). The van der Waals surface area contributed by atoms with Gasteiger partial charge < -0.3 is 5.11 Å². The number of hydrogen-bond donors (Lipinski definition) is 1. The summed E-state index contributed by atoms with van der Waals surface area (Å²) < 4.78 is 0. The van der Waals surface area contributed by atoms with Gasteiger partial charge in [0.25, 0.3) is 0 Å². The van der Waals surface area contributed by atoms with E-state index < -0.39 is 5.97 Å². The summed E-state index contributed by atoms with van der Waals surface area (Å²) in [7, 11) is 0. The summed E-state index contributed by atoms with van der Waals surface area (Å²) in [5, 5.41) is 8.67. The van der Waals surface area contributed by atoms with Gasteiger partial charge in [-0.2, -0.15) is 0 Å². The van der Waals surface area contributed by atoms with Gasteiger partial charge >= 0.3 is 5.97 Å². The maximum atomic E-state index is 10.5. The van der Waals surface area contributed by atoms with Gasteiger partial charge in [0.05, 0.1) is 0 Å². The Bertz CT molecular complexity index is 205. The lowest BCUT2D eigenvalue weighted by Gasteiger charge is -2.31. The normalized spacial score (nSPS) is 36.2. The Balaban J connectivity index is 2.16.